The van der Waals surface area contributed by atoms with E-state index in [9.17, 15) is 18.0 Å². The van der Waals surface area contributed by atoms with Crippen molar-refractivity contribution in [2.45, 2.75) is 56.8 Å². The Morgan fingerprint density at radius 1 is 1.03 bits per heavy atom. The van der Waals surface area contributed by atoms with Crippen LogP contribution in [0.2, 0.25) is 0 Å². The Morgan fingerprint density at radius 3 is 2.50 bits per heavy atom. The summed E-state index contributed by atoms with van der Waals surface area (Å²) in [7, 11) is -3.59. The van der Waals surface area contributed by atoms with Crippen LogP contribution in [-0.4, -0.2) is 44.3 Å². The third-order valence-electron chi connectivity index (χ3n) is 6.71. The predicted molar refractivity (Wildman–Crippen MR) is 130 cm³/mol. The average Bonchev–Trinajstić information content (AvgIpc) is 2.87. The number of benzene rings is 2. The standard InChI is InChI=1S/C26H32N2O5S/c1-2-19-6-5-9-23(16-19)27-25(29)18-33-26(30)21-12-14-28(15-13-21)34(31,32)24-11-10-20-7-3-4-8-22(20)17-24/h5-6,9-11,16-17,21H,2-4,7-8,12-15,18H2,1H3,(H,27,29). The number of nitrogens with zero attached hydrogens (tertiary/aromatic N) is 1. The molecule has 0 unspecified atom stereocenters. The largest absolute Gasteiger partial charge is 0.455 e. The van der Waals surface area contributed by atoms with Gasteiger partial charge in [0.25, 0.3) is 5.91 Å². The number of nitrogens with one attached hydrogen (secondary N) is 1. The van der Waals surface area contributed by atoms with Crippen molar-refractivity contribution in [2.75, 3.05) is 25.0 Å². The molecule has 0 saturated carbocycles. The van der Waals surface area contributed by atoms with E-state index < -0.39 is 27.8 Å². The second-order valence-corrected chi connectivity index (χ2v) is 11.0. The molecule has 2 aromatic rings. The van der Waals surface area contributed by atoms with E-state index in [1.807, 2.05) is 37.3 Å². The van der Waals surface area contributed by atoms with Gasteiger partial charge in [-0.1, -0.05) is 25.1 Å². The molecule has 0 aromatic heterocycles. The molecule has 0 bridgehead atoms. The Kier molecular flexibility index (Phi) is 7.68. The van der Waals surface area contributed by atoms with Gasteiger partial charge < -0.3 is 10.1 Å². The predicted octanol–water partition coefficient (Wildman–Crippen LogP) is 3.71. The number of hydrogen-bond acceptors (Lipinski definition) is 5. The van der Waals surface area contributed by atoms with Crippen molar-refractivity contribution in [3.63, 3.8) is 0 Å². The molecule has 0 atom stereocenters. The first-order valence-electron chi connectivity index (χ1n) is 12.0. The van der Waals surface area contributed by atoms with Crippen LogP contribution in [0.5, 0.6) is 0 Å². The van der Waals surface area contributed by atoms with Crippen LogP contribution in [0.25, 0.3) is 0 Å². The lowest BCUT2D eigenvalue weighted by atomic mass is 9.92. The molecule has 2 aliphatic rings. The van der Waals surface area contributed by atoms with Crippen molar-refractivity contribution in [1.29, 1.82) is 0 Å². The highest BCUT2D eigenvalue weighted by atomic mass is 32.2. The van der Waals surface area contributed by atoms with E-state index in [-0.39, 0.29) is 19.7 Å². The molecule has 1 fully saturated rings. The smallest absolute Gasteiger partial charge is 0.309 e. The van der Waals surface area contributed by atoms with Gasteiger partial charge >= 0.3 is 5.97 Å². The van der Waals surface area contributed by atoms with Crippen molar-refractivity contribution in [3.05, 3.63) is 59.2 Å². The molecule has 4 rings (SSSR count). The third-order valence-corrected chi connectivity index (χ3v) is 8.60. The molecule has 1 aliphatic carbocycles. The van der Waals surface area contributed by atoms with Gasteiger partial charge in [0, 0.05) is 18.8 Å². The first kappa shape index (κ1) is 24.4. The molecule has 2 aromatic carbocycles. The first-order chi connectivity index (χ1) is 16.4. The fourth-order valence-electron chi connectivity index (χ4n) is 4.67. The number of piperidine rings is 1. The summed E-state index contributed by atoms with van der Waals surface area (Å²) < 4.78 is 33.0. The number of rotatable bonds is 7. The second-order valence-electron chi connectivity index (χ2n) is 9.03. The van der Waals surface area contributed by atoms with E-state index in [1.54, 1.807) is 12.1 Å². The normalized spacial score (nSPS) is 17.1. The fraction of sp³-hybridized carbons (Fsp3) is 0.462. The van der Waals surface area contributed by atoms with Gasteiger partial charge in [-0.2, -0.15) is 4.31 Å². The first-order valence-corrected chi connectivity index (χ1v) is 13.5. The lowest BCUT2D eigenvalue weighted by Gasteiger charge is -2.30. The Hall–Kier alpha value is -2.71. The van der Waals surface area contributed by atoms with Crippen LogP contribution in [0.15, 0.2) is 47.4 Å². The Bertz CT molecular complexity index is 1150. The van der Waals surface area contributed by atoms with Gasteiger partial charge in [-0.15, -0.1) is 0 Å². The molecule has 1 aliphatic heterocycles. The zero-order chi connectivity index (χ0) is 24.1. The summed E-state index contributed by atoms with van der Waals surface area (Å²) in [5, 5.41) is 2.74. The number of aryl methyl sites for hydroxylation is 3. The Labute approximate surface area is 201 Å². The molecule has 8 heteroatoms. The van der Waals surface area contributed by atoms with Gasteiger partial charge in [0.15, 0.2) is 6.61 Å². The zero-order valence-corrected chi connectivity index (χ0v) is 20.4. The van der Waals surface area contributed by atoms with Gasteiger partial charge in [0.1, 0.15) is 0 Å². The van der Waals surface area contributed by atoms with Crippen molar-refractivity contribution in [1.82, 2.24) is 4.31 Å². The Morgan fingerprint density at radius 2 is 1.76 bits per heavy atom. The highest BCUT2D eigenvalue weighted by Crippen LogP contribution is 2.28. The van der Waals surface area contributed by atoms with Crippen LogP contribution in [0, 0.1) is 5.92 Å². The van der Waals surface area contributed by atoms with Crippen molar-refractivity contribution in [2.24, 2.45) is 5.92 Å². The van der Waals surface area contributed by atoms with Gasteiger partial charge in [0.2, 0.25) is 10.0 Å². The zero-order valence-electron chi connectivity index (χ0n) is 19.6. The molecule has 182 valence electrons. The number of anilines is 1. The van der Waals surface area contributed by atoms with Gasteiger partial charge in [0.05, 0.1) is 10.8 Å². The number of esters is 1. The quantitative estimate of drug-likeness (QED) is 0.605. The van der Waals surface area contributed by atoms with Crippen LogP contribution in [0.1, 0.15) is 49.3 Å². The van der Waals surface area contributed by atoms with E-state index >= 15 is 0 Å². The maximum Gasteiger partial charge on any atom is 0.309 e. The summed E-state index contributed by atoms with van der Waals surface area (Å²) in [5.41, 5.74) is 4.15. The number of ether oxygens (including phenoxy) is 1. The lowest BCUT2D eigenvalue weighted by Crippen LogP contribution is -2.41. The Balaban J connectivity index is 1.27. The number of carbonyl (C=O) groups excluding carboxylic acids is 2. The van der Waals surface area contributed by atoms with Crippen LogP contribution >= 0.6 is 0 Å². The fourth-order valence-corrected chi connectivity index (χ4v) is 6.19. The summed E-state index contributed by atoms with van der Waals surface area (Å²) in [5.74, 6) is -1.26. The monoisotopic (exact) mass is 484 g/mol. The minimum atomic E-state index is -3.59. The van der Waals surface area contributed by atoms with Crippen LogP contribution in [0.3, 0.4) is 0 Å². The topological polar surface area (TPSA) is 92.8 Å². The summed E-state index contributed by atoms with van der Waals surface area (Å²) in [6, 6.07) is 13.0. The molecule has 1 saturated heterocycles. The van der Waals surface area contributed by atoms with Crippen molar-refractivity contribution < 1.29 is 22.7 Å². The van der Waals surface area contributed by atoms with E-state index in [4.69, 9.17) is 4.74 Å². The van der Waals surface area contributed by atoms with Crippen molar-refractivity contribution >= 4 is 27.6 Å². The summed E-state index contributed by atoms with van der Waals surface area (Å²) in [6.07, 6.45) is 5.78. The molecule has 7 nitrogen and oxygen atoms in total. The highest BCUT2D eigenvalue weighted by Gasteiger charge is 2.33. The van der Waals surface area contributed by atoms with E-state index in [2.05, 4.69) is 5.32 Å². The molecule has 1 heterocycles. The molecule has 1 amide bonds. The number of amides is 1. The number of hydrogen-bond donors (Lipinski definition) is 1. The maximum absolute atomic E-state index is 13.1. The molecule has 0 spiro atoms. The van der Waals surface area contributed by atoms with Crippen LogP contribution in [-0.2, 0) is 43.6 Å². The molecular weight excluding hydrogens is 452 g/mol. The summed E-state index contributed by atoms with van der Waals surface area (Å²) in [4.78, 5) is 25.0. The van der Waals surface area contributed by atoms with Crippen LogP contribution < -0.4 is 5.32 Å². The molecule has 34 heavy (non-hydrogen) atoms. The lowest BCUT2D eigenvalue weighted by molar-refractivity contribution is -0.152. The molecule has 0 radical (unpaired) electrons. The van der Waals surface area contributed by atoms with Gasteiger partial charge in [-0.25, -0.2) is 8.42 Å². The highest BCUT2D eigenvalue weighted by molar-refractivity contribution is 7.89. The van der Waals surface area contributed by atoms with Crippen LogP contribution in [0.4, 0.5) is 5.69 Å². The second kappa shape index (κ2) is 10.7. The SMILES string of the molecule is CCc1cccc(NC(=O)COC(=O)C2CCN(S(=O)(=O)c3ccc4c(c3)CCCC4)CC2)c1. The number of sulfonamides is 1. The van der Waals surface area contributed by atoms with E-state index in [0.29, 0.717) is 23.4 Å². The van der Waals surface area contributed by atoms with E-state index in [1.165, 1.54) is 9.87 Å². The molecule has 1 N–H and O–H groups in total. The minimum absolute atomic E-state index is 0.259. The third kappa shape index (κ3) is 5.67. The summed E-state index contributed by atoms with van der Waals surface area (Å²) in [6.45, 7) is 2.19. The minimum Gasteiger partial charge on any atom is -0.455 e. The van der Waals surface area contributed by atoms with Gasteiger partial charge in [-0.3, -0.25) is 9.59 Å². The summed E-state index contributed by atoms with van der Waals surface area (Å²) >= 11 is 0. The maximum atomic E-state index is 13.1. The number of fused-ring (bicyclic) bond motifs is 1. The molecular formula is C26H32N2O5S. The van der Waals surface area contributed by atoms with Gasteiger partial charge in [-0.05, 0) is 85.9 Å². The van der Waals surface area contributed by atoms with E-state index in [0.717, 1.165) is 43.2 Å². The average molecular weight is 485 g/mol. The number of carbonyl (C=O) groups is 2. The van der Waals surface area contributed by atoms with Crippen molar-refractivity contribution in [3.8, 4) is 0 Å².